The van der Waals surface area contributed by atoms with Gasteiger partial charge in [0.15, 0.2) is 11.6 Å². The quantitative estimate of drug-likeness (QED) is 0.538. The first-order chi connectivity index (χ1) is 14.2. The predicted molar refractivity (Wildman–Crippen MR) is 112 cm³/mol. The lowest BCUT2D eigenvalue weighted by Crippen LogP contribution is -2.31. The fourth-order valence-corrected chi connectivity index (χ4v) is 3.62. The average Bonchev–Trinajstić information content (AvgIpc) is 3.23. The van der Waals surface area contributed by atoms with Crippen LogP contribution in [0.1, 0.15) is 17.0 Å². The molecule has 3 heterocycles. The first-order valence-electron chi connectivity index (χ1n) is 9.69. The Labute approximate surface area is 169 Å². The van der Waals surface area contributed by atoms with Gasteiger partial charge in [0.1, 0.15) is 0 Å². The van der Waals surface area contributed by atoms with Crippen LogP contribution in [0.15, 0.2) is 71.4 Å². The Balaban J connectivity index is 1.32. The highest BCUT2D eigenvalue weighted by Gasteiger charge is 2.20. The predicted octanol–water partition coefficient (Wildman–Crippen LogP) is 3.94. The van der Waals surface area contributed by atoms with E-state index in [9.17, 15) is 0 Å². The molecule has 0 atom stereocenters. The summed E-state index contributed by atoms with van der Waals surface area (Å²) in [7, 11) is 0. The van der Waals surface area contributed by atoms with Crippen LogP contribution in [0.2, 0.25) is 0 Å². The molecule has 1 aliphatic heterocycles. The van der Waals surface area contributed by atoms with Crippen LogP contribution in [-0.2, 0) is 19.5 Å². The third kappa shape index (κ3) is 3.75. The largest absolute Gasteiger partial charge is 0.399 e. The summed E-state index contributed by atoms with van der Waals surface area (Å²) in [5, 5.41) is 4.25. The lowest BCUT2D eigenvalue weighted by Gasteiger charge is -2.27. The molecule has 0 fully saturated rings. The fourth-order valence-electron chi connectivity index (χ4n) is 3.62. The zero-order valence-corrected chi connectivity index (χ0v) is 16.0. The molecule has 6 nitrogen and oxygen atoms in total. The molecule has 0 radical (unpaired) electrons. The normalized spacial score (nSPS) is 13.9. The molecule has 4 aromatic rings. The average molecular weight is 383 g/mol. The lowest BCUT2D eigenvalue weighted by molar-refractivity contribution is 0.234. The molecule has 2 aromatic carbocycles. The van der Waals surface area contributed by atoms with E-state index in [1.54, 1.807) is 0 Å². The van der Waals surface area contributed by atoms with E-state index >= 15 is 0 Å². The summed E-state index contributed by atoms with van der Waals surface area (Å²) in [5.41, 5.74) is 11.8. The maximum atomic E-state index is 5.78. The van der Waals surface area contributed by atoms with Crippen LogP contribution in [0.5, 0.6) is 0 Å². The van der Waals surface area contributed by atoms with Gasteiger partial charge in [-0.25, -0.2) is 9.97 Å². The second-order valence-corrected chi connectivity index (χ2v) is 7.30. The lowest BCUT2D eigenvalue weighted by atomic mass is 10.1. The summed E-state index contributed by atoms with van der Waals surface area (Å²) in [6, 6.07) is 19.7. The number of hydrogen-bond acceptors (Lipinski definition) is 6. The molecule has 0 amide bonds. The molecule has 6 heteroatoms. The number of benzene rings is 2. The second-order valence-electron chi connectivity index (χ2n) is 7.30. The number of nitrogens with zero attached hydrogens (tertiary/aromatic N) is 4. The Morgan fingerprint density at radius 3 is 2.66 bits per heavy atom. The highest BCUT2D eigenvalue weighted by molar-refractivity contribution is 5.59. The summed E-state index contributed by atoms with van der Waals surface area (Å²) in [5.74, 6) is 1.53. The number of rotatable bonds is 4. The summed E-state index contributed by atoms with van der Waals surface area (Å²) >= 11 is 0. The summed E-state index contributed by atoms with van der Waals surface area (Å²) in [6.45, 7) is 2.45. The van der Waals surface area contributed by atoms with Crippen molar-refractivity contribution in [1.82, 2.24) is 20.0 Å². The summed E-state index contributed by atoms with van der Waals surface area (Å²) in [4.78, 5) is 11.7. The second kappa shape index (κ2) is 7.48. The fraction of sp³-hybridized carbons (Fsp3) is 0.174. The number of hydrogen-bond donors (Lipinski definition) is 1. The van der Waals surface area contributed by atoms with Crippen molar-refractivity contribution in [2.75, 3.05) is 12.3 Å². The molecule has 0 bridgehead atoms. The molecule has 0 aliphatic carbocycles. The van der Waals surface area contributed by atoms with Gasteiger partial charge in [0.2, 0.25) is 0 Å². The highest BCUT2D eigenvalue weighted by atomic mass is 16.5. The van der Waals surface area contributed by atoms with Crippen LogP contribution in [0.25, 0.3) is 22.7 Å². The van der Waals surface area contributed by atoms with Gasteiger partial charge in [0.05, 0.1) is 11.4 Å². The molecule has 0 unspecified atom stereocenters. The van der Waals surface area contributed by atoms with Crippen molar-refractivity contribution in [3.05, 3.63) is 83.8 Å². The molecular weight excluding hydrogens is 362 g/mol. The van der Waals surface area contributed by atoms with Crippen LogP contribution < -0.4 is 5.73 Å². The van der Waals surface area contributed by atoms with Crippen molar-refractivity contribution in [3.8, 4) is 22.7 Å². The van der Waals surface area contributed by atoms with E-state index in [4.69, 9.17) is 15.2 Å². The minimum absolute atomic E-state index is 0.733. The molecule has 144 valence electrons. The zero-order chi connectivity index (χ0) is 19.6. The van der Waals surface area contributed by atoms with Crippen molar-refractivity contribution < 1.29 is 4.52 Å². The Kier molecular flexibility index (Phi) is 4.54. The Hall–Kier alpha value is -3.51. The van der Waals surface area contributed by atoms with Crippen LogP contribution in [-0.4, -0.2) is 26.6 Å². The topological polar surface area (TPSA) is 81.1 Å². The van der Waals surface area contributed by atoms with Crippen LogP contribution in [0.3, 0.4) is 0 Å². The Morgan fingerprint density at radius 1 is 1.00 bits per heavy atom. The number of anilines is 1. The van der Waals surface area contributed by atoms with E-state index in [-0.39, 0.29) is 0 Å². The van der Waals surface area contributed by atoms with Gasteiger partial charge in [-0.15, -0.1) is 0 Å². The van der Waals surface area contributed by atoms with Gasteiger partial charge in [-0.3, -0.25) is 4.90 Å². The van der Waals surface area contributed by atoms with Crippen molar-refractivity contribution in [2.24, 2.45) is 0 Å². The van der Waals surface area contributed by atoms with Gasteiger partial charge in [-0.1, -0.05) is 35.5 Å². The minimum atomic E-state index is 0.733. The van der Waals surface area contributed by atoms with E-state index in [1.165, 1.54) is 5.56 Å². The molecular formula is C23H21N5O. The monoisotopic (exact) mass is 383 g/mol. The number of nitrogen functional groups attached to an aromatic ring is 1. The third-order valence-corrected chi connectivity index (χ3v) is 5.20. The Bertz CT molecular complexity index is 1120. The van der Waals surface area contributed by atoms with Crippen LogP contribution in [0.4, 0.5) is 5.69 Å². The Morgan fingerprint density at radius 2 is 1.83 bits per heavy atom. The van der Waals surface area contributed by atoms with E-state index in [0.717, 1.165) is 65.8 Å². The van der Waals surface area contributed by atoms with Crippen molar-refractivity contribution in [3.63, 3.8) is 0 Å². The molecule has 5 rings (SSSR count). The van der Waals surface area contributed by atoms with Gasteiger partial charge in [-0.2, -0.15) is 0 Å². The first kappa shape index (κ1) is 17.6. The standard InChI is InChI=1S/C23H21N5O/c24-19-8-6-17(7-9-19)23-25-13-18-10-11-28(15-21(18)26-23)14-20-12-22(29-27-20)16-4-2-1-3-5-16/h1-9,12-13H,10-11,14-15,24H2. The maximum Gasteiger partial charge on any atom is 0.167 e. The van der Waals surface area contributed by atoms with Crippen molar-refractivity contribution in [1.29, 1.82) is 0 Å². The number of nitrogens with two attached hydrogens (primary N) is 1. The molecule has 1 aliphatic rings. The van der Waals surface area contributed by atoms with Gasteiger partial charge in [0.25, 0.3) is 0 Å². The first-order valence-corrected chi connectivity index (χ1v) is 9.69. The molecule has 0 saturated heterocycles. The molecule has 0 saturated carbocycles. The molecule has 29 heavy (non-hydrogen) atoms. The van der Waals surface area contributed by atoms with Crippen molar-refractivity contribution >= 4 is 5.69 Å². The van der Waals surface area contributed by atoms with E-state index in [2.05, 4.69) is 15.0 Å². The highest BCUT2D eigenvalue weighted by Crippen LogP contribution is 2.24. The van der Waals surface area contributed by atoms with Gasteiger partial charge in [-0.05, 0) is 36.2 Å². The summed E-state index contributed by atoms with van der Waals surface area (Å²) in [6.07, 6.45) is 2.88. The zero-order valence-electron chi connectivity index (χ0n) is 16.0. The van der Waals surface area contributed by atoms with Crippen molar-refractivity contribution in [2.45, 2.75) is 19.5 Å². The number of fused-ring (bicyclic) bond motifs is 1. The SMILES string of the molecule is Nc1ccc(-c2ncc3c(n2)CN(Cc2cc(-c4ccccc4)on2)CC3)cc1. The van der Waals surface area contributed by atoms with Gasteiger partial charge >= 0.3 is 0 Å². The molecule has 2 aromatic heterocycles. The minimum Gasteiger partial charge on any atom is -0.399 e. The van der Waals surface area contributed by atoms with E-state index < -0.39 is 0 Å². The number of aromatic nitrogens is 3. The maximum absolute atomic E-state index is 5.78. The molecule has 0 spiro atoms. The smallest absolute Gasteiger partial charge is 0.167 e. The third-order valence-electron chi connectivity index (χ3n) is 5.20. The van der Waals surface area contributed by atoms with E-state index in [1.807, 2.05) is 66.9 Å². The van der Waals surface area contributed by atoms with Gasteiger partial charge < -0.3 is 10.3 Å². The van der Waals surface area contributed by atoms with Gasteiger partial charge in [0, 0.05) is 48.7 Å². The summed E-state index contributed by atoms with van der Waals surface area (Å²) < 4.78 is 5.54. The van der Waals surface area contributed by atoms with Crippen LogP contribution >= 0.6 is 0 Å². The van der Waals surface area contributed by atoms with Crippen LogP contribution in [0, 0.1) is 0 Å². The van der Waals surface area contributed by atoms with E-state index in [0.29, 0.717) is 0 Å². The molecule has 2 N–H and O–H groups in total.